The molecule has 0 heterocycles. The Morgan fingerprint density at radius 2 is 1.69 bits per heavy atom. The quantitative estimate of drug-likeness (QED) is 0.544. The molecule has 2 aliphatic carbocycles. The average molecular weight is 493 g/mol. The third kappa shape index (κ3) is 6.42. The Hall–Kier alpha value is -2.88. The molecule has 0 saturated heterocycles. The summed E-state index contributed by atoms with van der Waals surface area (Å²) in [7, 11) is 0. The number of hydrogen-bond donors (Lipinski definition) is 2. The lowest BCUT2D eigenvalue weighted by Gasteiger charge is -2.36. The molecule has 2 saturated carbocycles. The van der Waals surface area contributed by atoms with E-state index < -0.39 is 0 Å². The fourth-order valence-electron chi connectivity index (χ4n) is 5.20. The summed E-state index contributed by atoms with van der Waals surface area (Å²) in [6, 6.07) is 14.5. The van der Waals surface area contributed by atoms with E-state index in [1.54, 1.807) is 30.3 Å². The Kier molecular flexibility index (Phi) is 8.43. The number of nitrogens with one attached hydrogen (secondary N) is 1. The van der Waals surface area contributed by atoms with Crippen LogP contribution in [0.25, 0.3) is 0 Å². The monoisotopic (exact) mass is 492 g/mol. The van der Waals surface area contributed by atoms with Crippen LogP contribution in [0, 0.1) is 17.2 Å². The number of carbonyl (C=O) groups is 2. The SMILES string of the molecule is N#Cc1ccc(C(=O)N(Cc2cc(NC(=O)C3CCCCC3)ccc2Cl)C2CCC(N)CC2)cc1. The van der Waals surface area contributed by atoms with Crippen LogP contribution in [0.5, 0.6) is 0 Å². The molecule has 0 unspecified atom stereocenters. The maximum atomic E-state index is 13.6. The van der Waals surface area contributed by atoms with Crippen molar-refractivity contribution < 1.29 is 9.59 Å². The van der Waals surface area contributed by atoms with Gasteiger partial charge in [-0.3, -0.25) is 9.59 Å². The van der Waals surface area contributed by atoms with E-state index in [1.807, 2.05) is 17.0 Å². The van der Waals surface area contributed by atoms with E-state index in [4.69, 9.17) is 22.6 Å². The first-order chi connectivity index (χ1) is 16.9. The molecule has 4 rings (SSSR count). The average Bonchev–Trinajstić information content (AvgIpc) is 2.89. The first-order valence-electron chi connectivity index (χ1n) is 12.6. The molecule has 6 nitrogen and oxygen atoms in total. The van der Waals surface area contributed by atoms with E-state index in [9.17, 15) is 9.59 Å². The lowest BCUT2D eigenvalue weighted by Crippen LogP contribution is -2.44. The Labute approximate surface area is 212 Å². The molecule has 0 aliphatic heterocycles. The minimum atomic E-state index is -0.0947. The zero-order valence-electron chi connectivity index (χ0n) is 20.0. The van der Waals surface area contributed by atoms with Crippen molar-refractivity contribution in [2.24, 2.45) is 11.7 Å². The van der Waals surface area contributed by atoms with Crippen molar-refractivity contribution in [3.63, 3.8) is 0 Å². The van der Waals surface area contributed by atoms with Gasteiger partial charge >= 0.3 is 0 Å². The second-order valence-electron chi connectivity index (χ2n) is 9.82. The van der Waals surface area contributed by atoms with E-state index in [1.165, 1.54) is 6.42 Å². The van der Waals surface area contributed by atoms with Gasteiger partial charge < -0.3 is 16.0 Å². The summed E-state index contributed by atoms with van der Waals surface area (Å²) in [5, 5.41) is 12.7. The van der Waals surface area contributed by atoms with Crippen LogP contribution >= 0.6 is 11.6 Å². The zero-order chi connectivity index (χ0) is 24.8. The molecule has 2 amide bonds. The van der Waals surface area contributed by atoms with Crippen molar-refractivity contribution in [2.75, 3.05) is 5.32 Å². The van der Waals surface area contributed by atoms with Crippen LogP contribution < -0.4 is 11.1 Å². The Bertz CT molecular complexity index is 1080. The van der Waals surface area contributed by atoms with Gasteiger partial charge in [-0.15, -0.1) is 0 Å². The van der Waals surface area contributed by atoms with Gasteiger partial charge in [-0.1, -0.05) is 30.9 Å². The van der Waals surface area contributed by atoms with Gasteiger partial charge in [0, 0.05) is 40.8 Å². The maximum absolute atomic E-state index is 13.6. The Balaban J connectivity index is 1.55. The highest BCUT2D eigenvalue weighted by Crippen LogP contribution is 2.30. The van der Waals surface area contributed by atoms with Crippen molar-refractivity contribution in [1.82, 2.24) is 4.90 Å². The normalized spacial score (nSPS) is 20.6. The van der Waals surface area contributed by atoms with Gasteiger partial charge in [-0.2, -0.15) is 5.26 Å². The van der Waals surface area contributed by atoms with Gasteiger partial charge in [0.2, 0.25) is 5.91 Å². The number of hydrogen-bond acceptors (Lipinski definition) is 4. The molecule has 35 heavy (non-hydrogen) atoms. The van der Waals surface area contributed by atoms with Crippen LogP contribution in [0.4, 0.5) is 5.69 Å². The number of nitriles is 1. The molecule has 184 valence electrons. The largest absolute Gasteiger partial charge is 0.331 e. The minimum Gasteiger partial charge on any atom is -0.331 e. The topological polar surface area (TPSA) is 99.2 Å². The summed E-state index contributed by atoms with van der Waals surface area (Å²) < 4.78 is 0. The minimum absolute atomic E-state index is 0.0505. The van der Waals surface area contributed by atoms with Crippen LogP contribution in [0.15, 0.2) is 42.5 Å². The van der Waals surface area contributed by atoms with Crippen LogP contribution in [0.3, 0.4) is 0 Å². The van der Waals surface area contributed by atoms with Crippen LogP contribution in [-0.4, -0.2) is 28.8 Å². The van der Waals surface area contributed by atoms with Gasteiger partial charge in [0.1, 0.15) is 0 Å². The summed E-state index contributed by atoms with van der Waals surface area (Å²) >= 11 is 6.57. The number of carbonyl (C=O) groups excluding carboxylic acids is 2. The molecule has 2 aliphatic rings. The van der Waals surface area contributed by atoms with Gasteiger partial charge in [-0.05, 0) is 86.6 Å². The van der Waals surface area contributed by atoms with Crippen LogP contribution in [-0.2, 0) is 11.3 Å². The Morgan fingerprint density at radius 3 is 2.34 bits per heavy atom. The molecule has 2 aromatic rings. The highest BCUT2D eigenvalue weighted by Gasteiger charge is 2.29. The molecule has 0 spiro atoms. The van der Waals surface area contributed by atoms with E-state index in [0.717, 1.165) is 56.9 Å². The lowest BCUT2D eigenvalue weighted by atomic mass is 9.88. The van der Waals surface area contributed by atoms with Gasteiger partial charge in [-0.25, -0.2) is 0 Å². The zero-order valence-corrected chi connectivity index (χ0v) is 20.8. The summed E-state index contributed by atoms with van der Waals surface area (Å²) in [5.41, 5.74) is 8.68. The smallest absolute Gasteiger partial charge is 0.254 e. The number of nitrogens with two attached hydrogens (primary N) is 1. The predicted molar refractivity (Wildman–Crippen MR) is 138 cm³/mol. The molecule has 0 aromatic heterocycles. The van der Waals surface area contributed by atoms with Crippen LogP contribution in [0.2, 0.25) is 5.02 Å². The lowest BCUT2D eigenvalue weighted by molar-refractivity contribution is -0.120. The number of anilines is 1. The van der Waals surface area contributed by atoms with E-state index in [2.05, 4.69) is 11.4 Å². The molecule has 3 N–H and O–H groups in total. The number of benzene rings is 2. The highest BCUT2D eigenvalue weighted by atomic mass is 35.5. The number of amides is 2. The van der Waals surface area contributed by atoms with Crippen molar-refractivity contribution in [2.45, 2.75) is 76.4 Å². The third-order valence-corrected chi connectivity index (χ3v) is 7.70. The molecule has 2 fully saturated rings. The van der Waals surface area contributed by atoms with Crippen LogP contribution in [0.1, 0.15) is 79.3 Å². The van der Waals surface area contributed by atoms with Gasteiger partial charge in [0.25, 0.3) is 5.91 Å². The predicted octanol–water partition coefficient (Wildman–Crippen LogP) is 5.64. The van der Waals surface area contributed by atoms with Crippen molar-refractivity contribution in [1.29, 1.82) is 5.26 Å². The molecular formula is C28H33ClN4O2. The molecule has 0 radical (unpaired) electrons. The van der Waals surface area contributed by atoms with Gasteiger partial charge in [0.15, 0.2) is 0 Å². The summed E-state index contributed by atoms with van der Waals surface area (Å²) in [6.45, 7) is 0.338. The summed E-state index contributed by atoms with van der Waals surface area (Å²) in [6.07, 6.45) is 8.66. The second kappa shape index (κ2) is 11.7. The van der Waals surface area contributed by atoms with Crippen molar-refractivity contribution in [3.05, 3.63) is 64.2 Å². The second-order valence-corrected chi connectivity index (χ2v) is 10.2. The van der Waals surface area contributed by atoms with E-state index in [0.29, 0.717) is 28.4 Å². The molecule has 2 aromatic carbocycles. The maximum Gasteiger partial charge on any atom is 0.254 e. The van der Waals surface area contributed by atoms with E-state index in [-0.39, 0.29) is 29.8 Å². The number of nitrogens with zero attached hydrogens (tertiary/aromatic N) is 2. The first-order valence-corrected chi connectivity index (χ1v) is 13.0. The van der Waals surface area contributed by atoms with Crippen molar-refractivity contribution >= 4 is 29.1 Å². The highest BCUT2D eigenvalue weighted by molar-refractivity contribution is 6.31. The van der Waals surface area contributed by atoms with Gasteiger partial charge in [0.05, 0.1) is 11.6 Å². The first kappa shape index (κ1) is 25.2. The number of rotatable bonds is 6. The molecule has 0 atom stereocenters. The molecule has 0 bridgehead atoms. The molecular weight excluding hydrogens is 460 g/mol. The standard InChI is InChI=1S/C28H33ClN4O2/c29-26-15-12-24(32-27(34)20-4-2-1-3-5-20)16-22(26)18-33(25-13-10-23(31)11-14-25)28(35)21-8-6-19(17-30)7-9-21/h6-9,12,15-16,20,23,25H,1-5,10-11,13-14,18,31H2,(H,32,34). The van der Waals surface area contributed by atoms with E-state index >= 15 is 0 Å². The summed E-state index contributed by atoms with van der Waals surface area (Å²) in [4.78, 5) is 28.3. The third-order valence-electron chi connectivity index (χ3n) is 7.33. The fourth-order valence-corrected chi connectivity index (χ4v) is 5.38. The fraction of sp³-hybridized carbons (Fsp3) is 0.464. The summed E-state index contributed by atoms with van der Waals surface area (Å²) in [5.74, 6) is 0.0243. The van der Waals surface area contributed by atoms with Crippen molar-refractivity contribution in [3.8, 4) is 6.07 Å². The number of halogens is 1. The molecule has 7 heteroatoms. The Morgan fingerprint density at radius 1 is 1.00 bits per heavy atom.